The van der Waals surface area contributed by atoms with E-state index in [4.69, 9.17) is 21.4 Å². The Morgan fingerprint density at radius 3 is 2.85 bits per heavy atom. The fraction of sp³-hybridized carbons (Fsp3) is 0.357. The molecule has 2 aliphatic rings. The Labute approximate surface area is 231 Å². The molecule has 204 valence electrons. The summed E-state index contributed by atoms with van der Waals surface area (Å²) in [5.41, 5.74) is 1.48. The molecule has 2 aliphatic heterocycles. The van der Waals surface area contributed by atoms with Crippen LogP contribution in [0.1, 0.15) is 30.2 Å². The van der Waals surface area contributed by atoms with Crippen molar-refractivity contribution in [3.8, 4) is 0 Å². The fourth-order valence-electron chi connectivity index (χ4n) is 5.03. The number of benzene rings is 2. The number of anilines is 2. The Bertz CT molecular complexity index is 1410. The molecular weight excluding hydrogens is 522 g/mol. The average Bonchev–Trinajstić information content (AvgIpc) is 3.62. The first-order chi connectivity index (χ1) is 18.8. The van der Waals surface area contributed by atoms with Gasteiger partial charge in [0.1, 0.15) is 6.61 Å². The second-order valence-electron chi connectivity index (χ2n) is 9.71. The van der Waals surface area contributed by atoms with Gasteiger partial charge in [0.2, 0.25) is 0 Å². The van der Waals surface area contributed by atoms with Gasteiger partial charge in [0.25, 0.3) is 5.91 Å². The number of aromatic nitrogens is 3. The zero-order valence-electron chi connectivity index (χ0n) is 21.5. The molecule has 1 fully saturated rings. The first-order valence-corrected chi connectivity index (χ1v) is 13.2. The number of nitrogens with zero attached hydrogens (tertiary/aromatic N) is 5. The zero-order chi connectivity index (χ0) is 27.6. The lowest BCUT2D eigenvalue weighted by Crippen LogP contribution is -2.44. The van der Waals surface area contributed by atoms with E-state index in [0.29, 0.717) is 54.5 Å². The Morgan fingerprint density at radius 1 is 1.23 bits per heavy atom. The molecule has 0 spiro atoms. The molecule has 0 aliphatic carbocycles. The van der Waals surface area contributed by atoms with Crippen molar-refractivity contribution >= 4 is 35.0 Å². The maximum Gasteiger partial charge on any atom is 0.414 e. The summed E-state index contributed by atoms with van der Waals surface area (Å²) < 4.78 is 6.75. The highest BCUT2D eigenvalue weighted by Crippen LogP contribution is 2.46. The molecule has 0 radical (unpaired) electrons. The van der Waals surface area contributed by atoms with Gasteiger partial charge >= 0.3 is 6.09 Å². The quantitative estimate of drug-likeness (QED) is 0.370. The van der Waals surface area contributed by atoms with Gasteiger partial charge in [0, 0.05) is 48.0 Å². The molecule has 10 nitrogen and oxygen atoms in total. The van der Waals surface area contributed by atoms with E-state index in [1.807, 2.05) is 36.4 Å². The molecule has 39 heavy (non-hydrogen) atoms. The van der Waals surface area contributed by atoms with Crippen molar-refractivity contribution in [2.45, 2.75) is 38.5 Å². The first kappa shape index (κ1) is 26.9. The Kier molecular flexibility index (Phi) is 7.69. The predicted octanol–water partition coefficient (Wildman–Crippen LogP) is 3.44. The number of cyclic esters (lactones) is 1. The number of amides is 2. The number of aliphatic hydroxyl groups is 2. The highest BCUT2D eigenvalue weighted by atomic mass is 35.5. The third-order valence-corrected chi connectivity index (χ3v) is 7.35. The van der Waals surface area contributed by atoms with Crippen molar-refractivity contribution in [1.82, 2.24) is 15.0 Å². The molecule has 0 bridgehead atoms. The molecule has 1 aromatic heterocycles. The summed E-state index contributed by atoms with van der Waals surface area (Å²) in [5, 5.41) is 29.4. The largest absolute Gasteiger partial charge is 0.447 e. The molecule has 2 aromatic carbocycles. The number of allylic oxidation sites excluding steroid dienone is 1. The number of halogens is 1. The van der Waals surface area contributed by atoms with Crippen molar-refractivity contribution in [2.24, 2.45) is 5.92 Å². The Morgan fingerprint density at radius 2 is 2.08 bits per heavy atom. The summed E-state index contributed by atoms with van der Waals surface area (Å²) >= 11 is 6.30. The molecule has 11 heteroatoms. The number of fused-ring (bicyclic) bond motifs is 1. The number of aryl methyl sites for hydroxylation is 1. The number of hydrogen-bond acceptors (Lipinski definition) is 7. The van der Waals surface area contributed by atoms with Crippen molar-refractivity contribution in [3.05, 3.63) is 82.7 Å². The van der Waals surface area contributed by atoms with Crippen LogP contribution in [0.4, 0.5) is 16.2 Å². The normalized spacial score (nSPS) is 19.7. The van der Waals surface area contributed by atoms with E-state index in [1.165, 1.54) is 0 Å². The van der Waals surface area contributed by atoms with E-state index in [9.17, 15) is 14.7 Å². The lowest BCUT2D eigenvalue weighted by atomic mass is 9.83. The molecule has 3 aromatic rings. The number of ether oxygens (including phenoxy) is 1. The van der Waals surface area contributed by atoms with Gasteiger partial charge in [-0.25, -0.2) is 4.79 Å². The minimum atomic E-state index is -1.80. The van der Waals surface area contributed by atoms with Gasteiger partial charge < -0.3 is 19.8 Å². The summed E-state index contributed by atoms with van der Waals surface area (Å²) in [4.78, 5) is 29.0. The van der Waals surface area contributed by atoms with Crippen LogP contribution in [0.25, 0.3) is 0 Å². The van der Waals surface area contributed by atoms with E-state index in [2.05, 4.69) is 10.3 Å². The summed E-state index contributed by atoms with van der Waals surface area (Å²) in [6, 6.07) is 12.5. The zero-order valence-corrected chi connectivity index (χ0v) is 22.3. The van der Waals surface area contributed by atoms with Crippen LogP contribution in [0.5, 0.6) is 0 Å². The second kappa shape index (κ2) is 11.2. The monoisotopic (exact) mass is 551 g/mol. The second-order valence-corrected chi connectivity index (χ2v) is 10.1. The fourth-order valence-corrected chi connectivity index (χ4v) is 5.20. The maximum atomic E-state index is 13.8. The molecule has 2 amide bonds. The smallest absolute Gasteiger partial charge is 0.414 e. The van der Waals surface area contributed by atoms with Crippen LogP contribution >= 0.6 is 11.6 Å². The molecule has 0 saturated carbocycles. The Hall–Kier alpha value is -3.73. The average molecular weight is 552 g/mol. The summed E-state index contributed by atoms with van der Waals surface area (Å²) in [6.07, 6.45) is 6.21. The third kappa shape index (κ3) is 5.27. The number of carbonyl (C=O) groups is 2. The molecule has 1 saturated heterocycles. The lowest BCUT2D eigenvalue weighted by molar-refractivity contribution is -0.139. The highest BCUT2D eigenvalue weighted by Gasteiger charge is 2.52. The van der Waals surface area contributed by atoms with Gasteiger partial charge in [-0.2, -0.15) is 0 Å². The van der Waals surface area contributed by atoms with Crippen molar-refractivity contribution in [3.63, 3.8) is 0 Å². The number of aliphatic hydroxyl groups excluding tert-OH is 1. The molecule has 3 heterocycles. The van der Waals surface area contributed by atoms with Crippen molar-refractivity contribution in [1.29, 1.82) is 0 Å². The van der Waals surface area contributed by atoms with Crippen LogP contribution < -0.4 is 9.80 Å². The predicted molar refractivity (Wildman–Crippen MR) is 145 cm³/mol. The minimum Gasteiger partial charge on any atom is -0.447 e. The Balaban J connectivity index is 1.34. The first-order valence-electron chi connectivity index (χ1n) is 12.9. The minimum absolute atomic E-state index is 0.0176. The molecule has 0 unspecified atom stereocenters. The van der Waals surface area contributed by atoms with Crippen molar-refractivity contribution in [2.75, 3.05) is 29.6 Å². The molecule has 2 atom stereocenters. The van der Waals surface area contributed by atoms with Gasteiger partial charge in [-0.1, -0.05) is 48.0 Å². The van der Waals surface area contributed by atoms with Crippen LogP contribution in [-0.2, 0) is 34.6 Å². The third-order valence-electron chi connectivity index (χ3n) is 7.12. The summed E-state index contributed by atoms with van der Waals surface area (Å²) in [5.74, 6) is -0.980. The van der Waals surface area contributed by atoms with Crippen molar-refractivity contribution < 1.29 is 24.5 Å². The van der Waals surface area contributed by atoms with E-state index in [-0.39, 0.29) is 13.2 Å². The van der Waals surface area contributed by atoms with Gasteiger partial charge in [0.05, 0.1) is 24.5 Å². The molecule has 5 rings (SSSR count). The van der Waals surface area contributed by atoms with Crippen LogP contribution in [0.3, 0.4) is 0 Å². The molecular formula is C28H30ClN5O5. The van der Waals surface area contributed by atoms with Crippen LogP contribution in [0, 0.1) is 5.92 Å². The van der Waals surface area contributed by atoms with Gasteiger partial charge in [-0.3, -0.25) is 14.4 Å². The van der Waals surface area contributed by atoms with E-state index >= 15 is 0 Å². The standard InChI is InChI=1S/C28H30ClN5O5/c1-19(5-2-3-11-32-18-22(10-13-35)30-31-32)28(38)24-16-21(29)8-9-25(24)34(26(28)36)17-20-6-4-7-23(15-20)33-12-14-39-27(33)37/h2,4-9,15-16,18-19,35,38H,3,10-14,17H2,1H3/b5-2+/t19-,28+/m1/s1. The lowest BCUT2D eigenvalue weighted by Gasteiger charge is -2.28. The maximum absolute atomic E-state index is 13.8. The van der Waals surface area contributed by atoms with Gasteiger partial charge in [0.15, 0.2) is 5.60 Å². The van der Waals surface area contributed by atoms with Crippen LogP contribution in [0.2, 0.25) is 5.02 Å². The van der Waals surface area contributed by atoms with Gasteiger partial charge in [-0.15, -0.1) is 5.10 Å². The van der Waals surface area contributed by atoms with E-state index < -0.39 is 23.5 Å². The SMILES string of the molecule is C[C@H](/C=C/CCn1cc(CCO)nn1)[C@@]1(O)C(=O)N(Cc2cccc(N3CCOC3=O)c2)c2ccc(Cl)cc21. The van der Waals surface area contributed by atoms with Crippen LogP contribution in [-0.4, -0.2) is 57.0 Å². The summed E-state index contributed by atoms with van der Waals surface area (Å²) in [6.45, 7) is 3.41. The number of carbonyl (C=O) groups excluding carboxylic acids is 2. The van der Waals surface area contributed by atoms with E-state index in [1.54, 1.807) is 45.8 Å². The topological polar surface area (TPSA) is 121 Å². The van der Waals surface area contributed by atoms with Gasteiger partial charge in [-0.05, 0) is 42.3 Å². The highest BCUT2D eigenvalue weighted by molar-refractivity contribution is 6.31. The van der Waals surface area contributed by atoms with E-state index in [0.717, 1.165) is 11.3 Å². The molecule has 2 N–H and O–H groups in total. The number of hydrogen-bond donors (Lipinski definition) is 2. The number of rotatable bonds is 10. The summed E-state index contributed by atoms with van der Waals surface area (Å²) in [7, 11) is 0. The van der Waals surface area contributed by atoms with Crippen LogP contribution in [0.15, 0.2) is 60.8 Å².